The van der Waals surface area contributed by atoms with Gasteiger partial charge in [-0.3, -0.25) is 4.79 Å². The van der Waals surface area contributed by atoms with Crippen molar-refractivity contribution in [2.75, 3.05) is 6.54 Å². The van der Waals surface area contributed by atoms with E-state index in [1.807, 2.05) is 0 Å². The number of carbonyl (C=O) groups excluding carboxylic acids is 1. The van der Waals surface area contributed by atoms with Gasteiger partial charge >= 0.3 is 5.97 Å². The normalized spacial score (nSPS) is 11.3. The minimum absolute atomic E-state index is 0.0618. The Morgan fingerprint density at radius 3 is 2.38 bits per heavy atom. The summed E-state index contributed by atoms with van der Waals surface area (Å²) in [6.45, 7) is 3.59. The topological polar surface area (TPSA) is 126 Å². The fourth-order valence-electron chi connectivity index (χ4n) is 2.34. The van der Waals surface area contributed by atoms with Crippen LogP contribution in [0.4, 0.5) is 0 Å². The fraction of sp³-hybridized carbons (Fsp3) is 0.294. The first-order valence-corrected chi connectivity index (χ1v) is 9.39. The monoisotopic (exact) mass is 380 g/mol. The molecule has 8 nitrogen and oxygen atoms in total. The molecule has 0 saturated heterocycles. The van der Waals surface area contributed by atoms with Gasteiger partial charge in [0.1, 0.15) is 17.1 Å². The Kier molecular flexibility index (Phi) is 6.17. The van der Waals surface area contributed by atoms with Gasteiger partial charge in [0, 0.05) is 6.54 Å². The summed E-state index contributed by atoms with van der Waals surface area (Å²) in [6.07, 6.45) is 0.0625. The molecule has 1 aromatic heterocycles. The highest BCUT2D eigenvalue weighted by Gasteiger charge is 2.15. The van der Waals surface area contributed by atoms with E-state index < -0.39 is 16.0 Å². The first kappa shape index (κ1) is 19.7. The molecule has 9 heteroatoms. The van der Waals surface area contributed by atoms with Gasteiger partial charge in [0.15, 0.2) is 0 Å². The lowest BCUT2D eigenvalue weighted by Gasteiger charge is -2.06. The van der Waals surface area contributed by atoms with Gasteiger partial charge in [-0.05, 0) is 30.7 Å². The van der Waals surface area contributed by atoms with Crippen molar-refractivity contribution in [1.29, 1.82) is 0 Å². The Balaban J connectivity index is 1.94. The van der Waals surface area contributed by atoms with Crippen LogP contribution in [0, 0.1) is 6.92 Å². The molecule has 1 amide bonds. The van der Waals surface area contributed by atoms with Crippen LogP contribution in [0.15, 0.2) is 39.6 Å². The zero-order chi connectivity index (χ0) is 19.3. The Bertz CT molecular complexity index is 900. The lowest BCUT2D eigenvalue weighted by molar-refractivity contribution is -0.120. The second-order valence-electron chi connectivity index (χ2n) is 5.59. The van der Waals surface area contributed by atoms with Crippen molar-refractivity contribution in [1.82, 2.24) is 10.0 Å². The number of hydrogen-bond donors (Lipinski definition) is 3. The Morgan fingerprint density at radius 2 is 1.85 bits per heavy atom. The predicted octanol–water partition coefficient (Wildman–Crippen LogP) is 1.44. The van der Waals surface area contributed by atoms with Crippen molar-refractivity contribution < 1.29 is 27.5 Å². The van der Waals surface area contributed by atoms with Crippen LogP contribution in [-0.2, 0) is 27.8 Å². The minimum atomic E-state index is -3.52. The lowest BCUT2D eigenvalue weighted by Crippen LogP contribution is -2.24. The molecule has 0 aliphatic heterocycles. The van der Waals surface area contributed by atoms with E-state index in [9.17, 15) is 18.0 Å². The largest absolute Gasteiger partial charge is 0.478 e. The number of hydrogen-bond acceptors (Lipinski definition) is 5. The zero-order valence-corrected chi connectivity index (χ0v) is 15.2. The highest BCUT2D eigenvalue weighted by atomic mass is 32.2. The standard InChI is InChI=1S/C17H20N2O6S/c1-3-19-26(23,24)14-6-4-12(5-7-14)8-16(20)18-10-13-9-15(17(21)22)11(2)25-13/h4-7,9,19H,3,8,10H2,1-2H3,(H,18,20)(H,21,22). The van der Waals surface area contributed by atoms with Crippen molar-refractivity contribution in [3.8, 4) is 0 Å². The van der Waals surface area contributed by atoms with E-state index in [1.165, 1.54) is 25.1 Å². The molecule has 140 valence electrons. The molecule has 2 rings (SSSR count). The van der Waals surface area contributed by atoms with Crippen molar-refractivity contribution in [3.05, 3.63) is 53.0 Å². The molecule has 0 fully saturated rings. The van der Waals surface area contributed by atoms with Gasteiger partial charge in [-0.25, -0.2) is 17.9 Å². The van der Waals surface area contributed by atoms with Crippen molar-refractivity contribution in [2.24, 2.45) is 0 Å². The maximum Gasteiger partial charge on any atom is 0.339 e. The molecule has 0 aliphatic carbocycles. The Labute approximate surface area is 151 Å². The molecule has 1 aromatic carbocycles. The van der Waals surface area contributed by atoms with E-state index in [1.54, 1.807) is 19.1 Å². The maximum absolute atomic E-state index is 12.0. The summed E-state index contributed by atoms with van der Waals surface area (Å²) in [5.74, 6) is -0.755. The summed E-state index contributed by atoms with van der Waals surface area (Å²) in [7, 11) is -3.52. The Morgan fingerprint density at radius 1 is 1.19 bits per heavy atom. The molecule has 0 bridgehead atoms. The molecular formula is C17H20N2O6S. The van der Waals surface area contributed by atoms with Gasteiger partial charge in [0.05, 0.1) is 17.9 Å². The number of furan rings is 1. The SMILES string of the molecule is CCNS(=O)(=O)c1ccc(CC(=O)NCc2cc(C(=O)O)c(C)o2)cc1. The summed E-state index contributed by atoms with van der Waals surface area (Å²) in [6, 6.07) is 7.40. The lowest BCUT2D eigenvalue weighted by atomic mass is 10.1. The van der Waals surface area contributed by atoms with Crippen LogP contribution in [0.2, 0.25) is 0 Å². The molecule has 26 heavy (non-hydrogen) atoms. The molecule has 3 N–H and O–H groups in total. The third-order valence-electron chi connectivity index (χ3n) is 3.59. The van der Waals surface area contributed by atoms with Gasteiger partial charge in [-0.15, -0.1) is 0 Å². The first-order valence-electron chi connectivity index (χ1n) is 7.91. The number of sulfonamides is 1. The average molecular weight is 380 g/mol. The molecule has 0 atom stereocenters. The molecule has 0 aliphatic rings. The molecule has 0 spiro atoms. The summed E-state index contributed by atoms with van der Waals surface area (Å²) in [4.78, 5) is 23.1. The van der Waals surface area contributed by atoms with Crippen molar-refractivity contribution in [2.45, 2.75) is 31.7 Å². The van der Waals surface area contributed by atoms with Crippen LogP contribution < -0.4 is 10.0 Å². The molecule has 1 heterocycles. The maximum atomic E-state index is 12.0. The van der Waals surface area contributed by atoms with Crippen LogP contribution in [-0.4, -0.2) is 31.9 Å². The third kappa shape index (κ3) is 4.93. The van der Waals surface area contributed by atoms with E-state index >= 15 is 0 Å². The summed E-state index contributed by atoms with van der Waals surface area (Å²) >= 11 is 0. The number of carbonyl (C=O) groups is 2. The quantitative estimate of drug-likeness (QED) is 0.636. The molecule has 0 saturated carbocycles. The van der Waals surface area contributed by atoms with Gasteiger partial charge in [-0.1, -0.05) is 19.1 Å². The number of carboxylic acids is 1. The zero-order valence-electron chi connectivity index (χ0n) is 14.4. The summed E-state index contributed by atoms with van der Waals surface area (Å²) < 4.78 is 31.4. The predicted molar refractivity (Wildman–Crippen MR) is 93.3 cm³/mol. The fourth-order valence-corrected chi connectivity index (χ4v) is 3.38. The van der Waals surface area contributed by atoms with Crippen LogP contribution in [0.1, 0.15) is 34.4 Å². The van der Waals surface area contributed by atoms with Crippen molar-refractivity contribution in [3.63, 3.8) is 0 Å². The number of nitrogens with one attached hydrogen (secondary N) is 2. The van der Waals surface area contributed by atoms with E-state index in [0.29, 0.717) is 17.9 Å². The first-order chi connectivity index (χ1) is 12.2. The molecular weight excluding hydrogens is 360 g/mol. The van der Waals surface area contributed by atoms with Gasteiger partial charge < -0.3 is 14.8 Å². The second-order valence-corrected chi connectivity index (χ2v) is 7.35. The summed E-state index contributed by atoms with van der Waals surface area (Å²) in [5, 5.41) is 11.6. The summed E-state index contributed by atoms with van der Waals surface area (Å²) in [5.41, 5.74) is 0.714. The van der Waals surface area contributed by atoms with Crippen LogP contribution in [0.25, 0.3) is 0 Å². The second kappa shape index (κ2) is 8.15. The molecule has 0 radical (unpaired) electrons. The smallest absolute Gasteiger partial charge is 0.339 e. The van der Waals surface area contributed by atoms with Crippen LogP contribution >= 0.6 is 0 Å². The van der Waals surface area contributed by atoms with E-state index in [0.717, 1.165) is 0 Å². The van der Waals surface area contributed by atoms with E-state index in [4.69, 9.17) is 9.52 Å². The number of aromatic carboxylic acids is 1. The Hall–Kier alpha value is -2.65. The van der Waals surface area contributed by atoms with E-state index in [-0.39, 0.29) is 35.1 Å². The number of aryl methyl sites for hydroxylation is 1. The van der Waals surface area contributed by atoms with Crippen LogP contribution in [0.3, 0.4) is 0 Å². The number of rotatable bonds is 8. The van der Waals surface area contributed by atoms with Gasteiger partial charge in [-0.2, -0.15) is 0 Å². The minimum Gasteiger partial charge on any atom is -0.478 e. The van der Waals surface area contributed by atoms with Gasteiger partial charge in [0.2, 0.25) is 15.9 Å². The van der Waals surface area contributed by atoms with E-state index in [2.05, 4.69) is 10.0 Å². The average Bonchev–Trinajstić information content (AvgIpc) is 2.94. The molecule has 2 aromatic rings. The van der Waals surface area contributed by atoms with Crippen molar-refractivity contribution >= 4 is 21.9 Å². The number of carboxylic acid groups (broad SMARTS) is 1. The highest BCUT2D eigenvalue weighted by molar-refractivity contribution is 7.89. The van der Waals surface area contributed by atoms with Crippen LogP contribution in [0.5, 0.6) is 0 Å². The number of amides is 1. The molecule has 0 unspecified atom stereocenters. The highest BCUT2D eigenvalue weighted by Crippen LogP contribution is 2.15. The number of benzene rings is 1. The third-order valence-corrected chi connectivity index (χ3v) is 5.15. The van der Waals surface area contributed by atoms with Gasteiger partial charge in [0.25, 0.3) is 0 Å².